The normalized spacial score (nSPS) is 14.9. The molecule has 0 fully saturated rings. The lowest BCUT2D eigenvalue weighted by atomic mass is 9.96. The summed E-state index contributed by atoms with van der Waals surface area (Å²) in [7, 11) is 0. The lowest BCUT2D eigenvalue weighted by Crippen LogP contribution is -1.99. The van der Waals surface area contributed by atoms with Crippen LogP contribution in [-0.4, -0.2) is 5.11 Å². The predicted molar refractivity (Wildman–Crippen MR) is 79.1 cm³/mol. The minimum absolute atomic E-state index is 0.296. The van der Waals surface area contributed by atoms with E-state index >= 15 is 0 Å². The minimum Gasteiger partial charge on any atom is -0.447 e. The van der Waals surface area contributed by atoms with Crippen molar-refractivity contribution in [2.75, 3.05) is 0 Å². The van der Waals surface area contributed by atoms with Crippen LogP contribution in [0.5, 0.6) is 0 Å². The van der Waals surface area contributed by atoms with Crippen molar-refractivity contribution in [3.63, 3.8) is 0 Å². The molecule has 4 rings (SSSR count). The second-order valence-corrected chi connectivity index (χ2v) is 5.57. The quantitative estimate of drug-likeness (QED) is 0.762. The number of aliphatic hydroxyl groups is 1. The summed E-state index contributed by atoms with van der Waals surface area (Å²) in [6, 6.07) is 13.8. The third-order valence-corrected chi connectivity index (χ3v) is 4.27. The van der Waals surface area contributed by atoms with Crippen molar-refractivity contribution in [1.29, 1.82) is 0 Å². The number of rotatable bonds is 2. The van der Waals surface area contributed by atoms with Gasteiger partial charge in [-0.15, -0.1) is 0 Å². The number of furan rings is 1. The largest absolute Gasteiger partial charge is 0.447 e. The van der Waals surface area contributed by atoms with Gasteiger partial charge in [0.2, 0.25) is 0 Å². The van der Waals surface area contributed by atoms with Crippen LogP contribution in [0.25, 0.3) is 10.8 Å². The van der Waals surface area contributed by atoms with E-state index in [-0.39, 0.29) is 0 Å². The lowest BCUT2D eigenvalue weighted by Gasteiger charge is -2.13. The molecular formula is C17H13ClO2. The van der Waals surface area contributed by atoms with Crippen LogP contribution in [0.4, 0.5) is 0 Å². The Hall–Kier alpha value is -1.77. The van der Waals surface area contributed by atoms with E-state index in [0.717, 1.165) is 23.8 Å². The molecule has 1 aliphatic rings. The first-order valence-corrected chi connectivity index (χ1v) is 7.08. The first-order valence-electron chi connectivity index (χ1n) is 6.71. The fraction of sp³-hybridized carbons (Fsp3) is 0.176. The fourth-order valence-electron chi connectivity index (χ4n) is 3.14. The van der Waals surface area contributed by atoms with Gasteiger partial charge in [0.25, 0.3) is 0 Å². The molecule has 1 atom stereocenters. The number of aryl methyl sites for hydroxylation is 2. The van der Waals surface area contributed by atoms with Crippen LogP contribution in [0.1, 0.15) is 28.6 Å². The molecule has 0 amide bonds. The highest BCUT2D eigenvalue weighted by Gasteiger charge is 2.21. The summed E-state index contributed by atoms with van der Waals surface area (Å²) in [5, 5.41) is 13.3. The van der Waals surface area contributed by atoms with E-state index in [1.165, 1.54) is 16.5 Å². The smallest absolute Gasteiger partial charge is 0.193 e. The third kappa shape index (κ3) is 1.69. The Labute approximate surface area is 121 Å². The van der Waals surface area contributed by atoms with Crippen molar-refractivity contribution in [1.82, 2.24) is 0 Å². The average Bonchev–Trinajstić information content (AvgIpc) is 3.07. The van der Waals surface area contributed by atoms with Crippen LogP contribution in [0.15, 0.2) is 46.9 Å². The summed E-state index contributed by atoms with van der Waals surface area (Å²) in [5.74, 6) is 0.480. The standard InChI is InChI=1S/C17H13ClO2/c18-15-9-8-14(20-15)17(19)13-7-6-11-5-4-10-2-1-3-12(13)16(10)11/h1-3,6-9,17,19H,4-5H2. The van der Waals surface area contributed by atoms with Crippen LogP contribution in [0.3, 0.4) is 0 Å². The van der Waals surface area contributed by atoms with E-state index in [2.05, 4.69) is 24.3 Å². The van der Waals surface area contributed by atoms with Crippen LogP contribution in [0, 0.1) is 0 Å². The molecular weight excluding hydrogens is 272 g/mol. The minimum atomic E-state index is -0.785. The summed E-state index contributed by atoms with van der Waals surface area (Å²) < 4.78 is 5.34. The van der Waals surface area contributed by atoms with Crippen LogP contribution >= 0.6 is 11.6 Å². The lowest BCUT2D eigenvalue weighted by molar-refractivity contribution is 0.191. The van der Waals surface area contributed by atoms with Gasteiger partial charge >= 0.3 is 0 Å². The first kappa shape index (κ1) is 12.0. The topological polar surface area (TPSA) is 33.4 Å². The van der Waals surface area contributed by atoms with Gasteiger partial charge in [0.05, 0.1) is 0 Å². The first-order chi connectivity index (χ1) is 9.74. The molecule has 2 nitrogen and oxygen atoms in total. The molecule has 1 unspecified atom stereocenters. The maximum atomic E-state index is 10.6. The Kier molecular flexibility index (Phi) is 2.62. The van der Waals surface area contributed by atoms with E-state index in [9.17, 15) is 5.11 Å². The molecule has 1 heterocycles. The number of benzene rings is 2. The number of aliphatic hydroxyl groups excluding tert-OH is 1. The van der Waals surface area contributed by atoms with Gasteiger partial charge in [0.15, 0.2) is 5.22 Å². The second kappa shape index (κ2) is 4.37. The molecule has 0 aliphatic heterocycles. The van der Waals surface area contributed by atoms with Gasteiger partial charge in [-0.05, 0) is 64.0 Å². The van der Waals surface area contributed by atoms with Gasteiger partial charge in [-0.3, -0.25) is 0 Å². The molecule has 1 N–H and O–H groups in total. The second-order valence-electron chi connectivity index (χ2n) is 5.20. The molecule has 0 saturated carbocycles. The van der Waals surface area contributed by atoms with Gasteiger partial charge in [0, 0.05) is 0 Å². The Morgan fingerprint density at radius 3 is 2.55 bits per heavy atom. The van der Waals surface area contributed by atoms with Gasteiger partial charge in [-0.1, -0.05) is 30.3 Å². The molecule has 100 valence electrons. The van der Waals surface area contributed by atoms with Gasteiger partial charge < -0.3 is 9.52 Å². The Bertz CT molecular complexity index is 794. The van der Waals surface area contributed by atoms with Crippen LogP contribution in [-0.2, 0) is 12.8 Å². The highest BCUT2D eigenvalue weighted by Crippen LogP contribution is 2.37. The van der Waals surface area contributed by atoms with Crippen molar-refractivity contribution in [2.45, 2.75) is 18.9 Å². The SMILES string of the molecule is OC(c1ccc(Cl)o1)c1ccc2c3c(cccc13)CC2. The van der Waals surface area contributed by atoms with E-state index in [1.807, 2.05) is 6.07 Å². The van der Waals surface area contributed by atoms with Crippen molar-refractivity contribution in [3.05, 3.63) is 70.1 Å². The highest BCUT2D eigenvalue weighted by molar-refractivity contribution is 6.28. The maximum Gasteiger partial charge on any atom is 0.193 e. The zero-order valence-corrected chi connectivity index (χ0v) is 11.5. The molecule has 0 radical (unpaired) electrons. The number of hydrogen-bond acceptors (Lipinski definition) is 2. The maximum absolute atomic E-state index is 10.6. The third-order valence-electron chi connectivity index (χ3n) is 4.07. The Morgan fingerprint density at radius 1 is 1.00 bits per heavy atom. The fourth-order valence-corrected chi connectivity index (χ4v) is 3.29. The summed E-state index contributed by atoms with van der Waals surface area (Å²) in [6.45, 7) is 0. The molecule has 3 heteroatoms. The van der Waals surface area contributed by atoms with Crippen molar-refractivity contribution in [3.8, 4) is 0 Å². The monoisotopic (exact) mass is 284 g/mol. The molecule has 0 bridgehead atoms. The van der Waals surface area contributed by atoms with E-state index in [4.69, 9.17) is 16.0 Å². The van der Waals surface area contributed by atoms with Gasteiger partial charge in [0.1, 0.15) is 11.9 Å². The summed E-state index contributed by atoms with van der Waals surface area (Å²) in [5.41, 5.74) is 3.60. The van der Waals surface area contributed by atoms with Crippen molar-refractivity contribution in [2.24, 2.45) is 0 Å². The molecule has 1 aliphatic carbocycles. The van der Waals surface area contributed by atoms with Crippen molar-refractivity contribution < 1.29 is 9.52 Å². The van der Waals surface area contributed by atoms with Gasteiger partial charge in [-0.25, -0.2) is 0 Å². The summed E-state index contributed by atoms with van der Waals surface area (Å²) >= 11 is 5.79. The van der Waals surface area contributed by atoms with Crippen LogP contribution in [0.2, 0.25) is 5.22 Å². The summed E-state index contributed by atoms with van der Waals surface area (Å²) in [6.07, 6.45) is 1.38. The number of hydrogen-bond donors (Lipinski definition) is 1. The average molecular weight is 285 g/mol. The Morgan fingerprint density at radius 2 is 1.80 bits per heavy atom. The van der Waals surface area contributed by atoms with Crippen LogP contribution < -0.4 is 0 Å². The van der Waals surface area contributed by atoms with Gasteiger partial charge in [-0.2, -0.15) is 0 Å². The number of halogens is 1. The zero-order valence-electron chi connectivity index (χ0n) is 10.8. The van der Waals surface area contributed by atoms with Crippen molar-refractivity contribution >= 4 is 22.4 Å². The molecule has 20 heavy (non-hydrogen) atoms. The van der Waals surface area contributed by atoms with E-state index in [1.54, 1.807) is 12.1 Å². The molecule has 3 aromatic rings. The Balaban J connectivity index is 1.93. The summed E-state index contributed by atoms with van der Waals surface area (Å²) in [4.78, 5) is 0. The molecule has 0 spiro atoms. The van der Waals surface area contributed by atoms with E-state index < -0.39 is 6.10 Å². The zero-order chi connectivity index (χ0) is 13.7. The highest BCUT2D eigenvalue weighted by atomic mass is 35.5. The molecule has 0 saturated heterocycles. The van der Waals surface area contributed by atoms with E-state index in [0.29, 0.717) is 11.0 Å². The molecule has 1 aromatic heterocycles. The predicted octanol–water partition coefficient (Wildman–Crippen LogP) is 4.27. The molecule has 2 aromatic carbocycles.